The van der Waals surface area contributed by atoms with E-state index in [1.165, 1.54) is 19.1 Å². The van der Waals surface area contributed by atoms with Crippen LogP contribution in [0.15, 0.2) is 78.6 Å². The minimum absolute atomic E-state index is 0.0253. The number of ketones is 1. The number of carbonyl (C=O) groups excluding carboxylic acids is 2. The number of methoxy groups -OCH3 is 2. The minimum Gasteiger partial charge on any atom is -0.507 e. The van der Waals surface area contributed by atoms with Crippen LogP contribution < -0.4 is 9.47 Å². The number of aliphatic hydroxyl groups is 1. The van der Waals surface area contributed by atoms with Crippen molar-refractivity contribution in [3.8, 4) is 11.5 Å². The van der Waals surface area contributed by atoms with Gasteiger partial charge in [-0.3, -0.25) is 14.6 Å². The third kappa shape index (κ3) is 3.80. The van der Waals surface area contributed by atoms with Gasteiger partial charge in [-0.1, -0.05) is 42.5 Å². The molecule has 162 valence electrons. The fourth-order valence-corrected chi connectivity index (χ4v) is 3.85. The summed E-state index contributed by atoms with van der Waals surface area (Å²) in [5.41, 5.74) is 1.86. The molecule has 1 atom stereocenters. The summed E-state index contributed by atoms with van der Waals surface area (Å²) in [6.45, 7) is 0.156. The highest BCUT2D eigenvalue weighted by atomic mass is 16.5. The van der Waals surface area contributed by atoms with E-state index in [1.807, 2.05) is 12.1 Å². The SMILES string of the molecule is COc1ccc([C@H]2/C(=C(\O)c3ccccc3)C(=O)C(=O)N2Cc2cccnc2)cc1OC. The molecule has 1 saturated heterocycles. The lowest BCUT2D eigenvalue weighted by Gasteiger charge is -2.26. The van der Waals surface area contributed by atoms with E-state index < -0.39 is 17.7 Å². The van der Waals surface area contributed by atoms with Crippen LogP contribution in [0.4, 0.5) is 0 Å². The van der Waals surface area contributed by atoms with Crippen molar-refractivity contribution in [1.82, 2.24) is 9.88 Å². The summed E-state index contributed by atoms with van der Waals surface area (Å²) >= 11 is 0. The first kappa shape index (κ1) is 21.1. The third-order valence-electron chi connectivity index (χ3n) is 5.39. The molecule has 32 heavy (non-hydrogen) atoms. The Bertz CT molecular complexity index is 1180. The third-order valence-corrected chi connectivity index (χ3v) is 5.39. The molecule has 2 aromatic carbocycles. The molecule has 0 saturated carbocycles. The van der Waals surface area contributed by atoms with Gasteiger partial charge in [-0.2, -0.15) is 0 Å². The summed E-state index contributed by atoms with van der Waals surface area (Å²) < 4.78 is 10.7. The fourth-order valence-electron chi connectivity index (χ4n) is 3.85. The van der Waals surface area contributed by atoms with Crippen LogP contribution >= 0.6 is 0 Å². The number of ether oxygens (including phenoxy) is 2. The standard InChI is InChI=1S/C25H22N2O5/c1-31-19-11-10-18(13-20(19)32-2)22-21(23(28)17-8-4-3-5-9-17)24(29)25(30)27(22)15-16-7-6-12-26-14-16/h3-14,22,28H,15H2,1-2H3/b23-21+/t22-/m0/s1. The van der Waals surface area contributed by atoms with Crippen LogP contribution in [0, 0.1) is 0 Å². The van der Waals surface area contributed by atoms with Crippen LogP contribution in [-0.2, 0) is 16.1 Å². The molecule has 1 aliphatic heterocycles. The van der Waals surface area contributed by atoms with Gasteiger partial charge in [0.2, 0.25) is 0 Å². The van der Waals surface area contributed by atoms with E-state index in [0.717, 1.165) is 5.56 Å². The molecule has 1 aliphatic rings. The van der Waals surface area contributed by atoms with Gasteiger partial charge < -0.3 is 19.5 Å². The van der Waals surface area contributed by atoms with E-state index in [4.69, 9.17) is 9.47 Å². The number of aromatic nitrogens is 1. The van der Waals surface area contributed by atoms with Crippen molar-refractivity contribution < 1.29 is 24.2 Å². The van der Waals surface area contributed by atoms with Gasteiger partial charge in [0.25, 0.3) is 11.7 Å². The summed E-state index contributed by atoms with van der Waals surface area (Å²) in [5, 5.41) is 11.1. The zero-order valence-corrected chi connectivity index (χ0v) is 17.7. The molecule has 1 amide bonds. The van der Waals surface area contributed by atoms with E-state index in [9.17, 15) is 14.7 Å². The summed E-state index contributed by atoms with van der Waals surface area (Å²) in [5.74, 6) is -0.682. The Morgan fingerprint density at radius 2 is 1.75 bits per heavy atom. The van der Waals surface area contributed by atoms with E-state index in [-0.39, 0.29) is 17.9 Å². The number of hydrogen-bond donors (Lipinski definition) is 1. The number of Topliss-reactive ketones (excluding diaryl/α,β-unsaturated/α-hetero) is 1. The second kappa shape index (κ2) is 8.93. The first-order chi connectivity index (χ1) is 15.5. The average Bonchev–Trinajstić information content (AvgIpc) is 3.09. The Morgan fingerprint density at radius 3 is 2.41 bits per heavy atom. The maximum absolute atomic E-state index is 13.1. The van der Waals surface area contributed by atoms with Crippen LogP contribution in [0.1, 0.15) is 22.7 Å². The Hall–Kier alpha value is -4.13. The molecular weight excluding hydrogens is 408 g/mol. The van der Waals surface area contributed by atoms with Gasteiger partial charge in [0, 0.05) is 24.5 Å². The quantitative estimate of drug-likeness (QED) is 0.364. The summed E-state index contributed by atoms with van der Waals surface area (Å²) in [6.07, 6.45) is 3.28. The average molecular weight is 430 g/mol. The topological polar surface area (TPSA) is 89.0 Å². The van der Waals surface area contributed by atoms with Crippen molar-refractivity contribution >= 4 is 17.4 Å². The Balaban J connectivity index is 1.89. The monoisotopic (exact) mass is 430 g/mol. The van der Waals surface area contributed by atoms with E-state index in [2.05, 4.69) is 4.98 Å². The predicted octanol–water partition coefficient (Wildman–Crippen LogP) is 3.72. The molecule has 7 heteroatoms. The van der Waals surface area contributed by atoms with Crippen LogP contribution in [0.25, 0.3) is 5.76 Å². The molecule has 4 rings (SSSR count). The fraction of sp³-hybridized carbons (Fsp3) is 0.160. The van der Waals surface area contributed by atoms with Gasteiger partial charge in [0.15, 0.2) is 11.5 Å². The summed E-state index contributed by atoms with van der Waals surface area (Å²) in [6, 6.07) is 16.7. The van der Waals surface area contributed by atoms with Crippen molar-refractivity contribution in [2.75, 3.05) is 14.2 Å². The molecule has 1 N–H and O–H groups in total. The van der Waals surface area contributed by atoms with Crippen LogP contribution in [-0.4, -0.2) is 40.9 Å². The normalized spacial score (nSPS) is 17.4. The molecule has 1 aromatic heterocycles. The lowest BCUT2D eigenvalue weighted by Crippen LogP contribution is -2.29. The number of benzene rings is 2. The van der Waals surface area contributed by atoms with Crippen molar-refractivity contribution in [2.45, 2.75) is 12.6 Å². The molecule has 7 nitrogen and oxygen atoms in total. The number of pyridine rings is 1. The van der Waals surface area contributed by atoms with Gasteiger partial charge in [-0.25, -0.2) is 0 Å². The smallest absolute Gasteiger partial charge is 0.295 e. The van der Waals surface area contributed by atoms with Crippen molar-refractivity contribution in [1.29, 1.82) is 0 Å². The molecule has 0 radical (unpaired) electrons. The predicted molar refractivity (Wildman–Crippen MR) is 118 cm³/mol. The van der Waals surface area contributed by atoms with E-state index >= 15 is 0 Å². The lowest BCUT2D eigenvalue weighted by atomic mass is 9.95. The lowest BCUT2D eigenvalue weighted by molar-refractivity contribution is -0.140. The zero-order chi connectivity index (χ0) is 22.7. The molecule has 0 bridgehead atoms. The van der Waals surface area contributed by atoms with Crippen molar-refractivity contribution in [2.24, 2.45) is 0 Å². The molecule has 3 aromatic rings. The maximum atomic E-state index is 13.1. The molecule has 1 fully saturated rings. The minimum atomic E-state index is -0.810. The number of rotatable bonds is 6. The van der Waals surface area contributed by atoms with E-state index in [0.29, 0.717) is 22.6 Å². The molecular formula is C25H22N2O5. The highest BCUT2D eigenvalue weighted by Gasteiger charge is 2.46. The Morgan fingerprint density at radius 1 is 1.00 bits per heavy atom. The van der Waals surface area contributed by atoms with Crippen molar-refractivity contribution in [3.05, 3.63) is 95.3 Å². The van der Waals surface area contributed by atoms with E-state index in [1.54, 1.807) is 60.9 Å². The molecule has 0 aliphatic carbocycles. The molecule has 2 heterocycles. The van der Waals surface area contributed by atoms with Crippen LogP contribution in [0.5, 0.6) is 11.5 Å². The maximum Gasteiger partial charge on any atom is 0.295 e. The number of hydrogen-bond acceptors (Lipinski definition) is 6. The first-order valence-electron chi connectivity index (χ1n) is 9.99. The first-order valence-corrected chi connectivity index (χ1v) is 9.99. The van der Waals surface area contributed by atoms with Crippen LogP contribution in [0.2, 0.25) is 0 Å². The molecule has 0 unspecified atom stereocenters. The number of amides is 1. The van der Waals surface area contributed by atoms with Gasteiger partial charge >= 0.3 is 0 Å². The largest absolute Gasteiger partial charge is 0.507 e. The molecule has 0 spiro atoms. The highest BCUT2D eigenvalue weighted by molar-refractivity contribution is 6.46. The van der Waals surface area contributed by atoms with Gasteiger partial charge in [0.1, 0.15) is 5.76 Å². The Kier molecular flexibility index (Phi) is 5.89. The van der Waals surface area contributed by atoms with Crippen molar-refractivity contribution in [3.63, 3.8) is 0 Å². The summed E-state index contributed by atoms with van der Waals surface area (Å²) in [4.78, 5) is 31.7. The number of aliphatic hydroxyl groups excluding tert-OH is 1. The number of likely N-dealkylation sites (tertiary alicyclic amines) is 1. The zero-order valence-electron chi connectivity index (χ0n) is 17.7. The summed E-state index contributed by atoms with van der Waals surface area (Å²) in [7, 11) is 3.04. The second-order valence-corrected chi connectivity index (χ2v) is 7.27. The number of carbonyl (C=O) groups is 2. The van der Waals surface area contributed by atoms with Gasteiger partial charge in [0.05, 0.1) is 25.8 Å². The van der Waals surface area contributed by atoms with Gasteiger partial charge in [-0.15, -0.1) is 0 Å². The van der Waals surface area contributed by atoms with Crippen LogP contribution in [0.3, 0.4) is 0 Å². The second-order valence-electron chi connectivity index (χ2n) is 7.27. The van der Waals surface area contributed by atoms with Gasteiger partial charge in [-0.05, 0) is 29.3 Å². The Labute approximate surface area is 185 Å². The highest BCUT2D eigenvalue weighted by Crippen LogP contribution is 2.42. The number of nitrogens with zero attached hydrogens (tertiary/aromatic N) is 2.